The highest BCUT2D eigenvalue weighted by atomic mass is 35.5. The van der Waals surface area contributed by atoms with E-state index in [0.29, 0.717) is 17.1 Å². The van der Waals surface area contributed by atoms with Crippen molar-refractivity contribution in [2.24, 2.45) is 5.73 Å². The van der Waals surface area contributed by atoms with Gasteiger partial charge in [-0.2, -0.15) is 0 Å². The molecule has 0 unspecified atom stereocenters. The van der Waals surface area contributed by atoms with E-state index in [1.165, 1.54) is 12.4 Å². The first kappa shape index (κ1) is 16.6. The molecule has 6 nitrogen and oxygen atoms in total. The van der Waals surface area contributed by atoms with E-state index in [0.717, 1.165) is 5.56 Å². The first-order valence-electron chi connectivity index (χ1n) is 6.03. The van der Waals surface area contributed by atoms with Crippen LogP contribution in [0, 0.1) is 0 Å². The van der Waals surface area contributed by atoms with Gasteiger partial charge in [-0.1, -0.05) is 30.7 Å². The zero-order valence-corrected chi connectivity index (χ0v) is 12.0. The van der Waals surface area contributed by atoms with Crippen molar-refractivity contribution in [2.45, 2.75) is 13.3 Å². The van der Waals surface area contributed by atoms with Gasteiger partial charge >= 0.3 is 5.97 Å². The molecule has 0 saturated carbocycles. The van der Waals surface area contributed by atoms with E-state index in [2.05, 4.69) is 15.7 Å². The summed E-state index contributed by atoms with van der Waals surface area (Å²) in [4.78, 5) is 28.0. The number of carbonyl (C=O) groups excluding carboxylic acids is 1. The van der Waals surface area contributed by atoms with E-state index >= 15 is 0 Å². The molecule has 1 heterocycles. The smallest absolute Gasteiger partial charge is 0.354 e. The van der Waals surface area contributed by atoms with Crippen LogP contribution >= 0.6 is 11.6 Å². The summed E-state index contributed by atoms with van der Waals surface area (Å²) >= 11 is 5.84. The number of carbonyl (C=O) groups is 2. The number of rotatable bonds is 3. The minimum atomic E-state index is -1.08. The predicted molar refractivity (Wildman–Crippen MR) is 78.9 cm³/mol. The van der Waals surface area contributed by atoms with Gasteiger partial charge in [-0.3, -0.25) is 4.79 Å². The maximum Gasteiger partial charge on any atom is 0.354 e. The number of halogens is 1. The van der Waals surface area contributed by atoms with E-state index in [4.69, 9.17) is 16.7 Å². The summed E-state index contributed by atoms with van der Waals surface area (Å²) < 4.78 is 0. The van der Waals surface area contributed by atoms with E-state index in [-0.39, 0.29) is 11.6 Å². The van der Waals surface area contributed by atoms with Crippen molar-refractivity contribution in [3.8, 4) is 11.3 Å². The number of nitrogens with zero attached hydrogens (tertiary/aromatic N) is 2. The largest absolute Gasteiger partial charge is 0.477 e. The maximum atomic E-state index is 10.7. The fourth-order valence-electron chi connectivity index (χ4n) is 1.28. The Hall–Kier alpha value is -2.47. The zero-order chi connectivity index (χ0) is 15.8. The SMILES string of the molecule is CCC(N)=O.O=C(O)c1cc(-c2cccc(Cl)c2)ncn1. The number of hydrogen-bond acceptors (Lipinski definition) is 4. The van der Waals surface area contributed by atoms with Crippen LogP contribution in [0.15, 0.2) is 36.7 Å². The Balaban J connectivity index is 0.000000383. The molecular formula is C14H14ClN3O3. The molecule has 0 fully saturated rings. The van der Waals surface area contributed by atoms with E-state index in [1.807, 2.05) is 0 Å². The standard InChI is InChI=1S/C11H7ClN2O2.C3H7NO/c12-8-3-1-2-7(4-8)9-5-10(11(15)16)14-6-13-9;1-2-3(4)5/h1-6H,(H,15,16);2H2,1H3,(H2,4,5). The van der Waals surface area contributed by atoms with Gasteiger partial charge in [-0.15, -0.1) is 0 Å². The monoisotopic (exact) mass is 307 g/mol. The van der Waals surface area contributed by atoms with Crippen molar-refractivity contribution in [3.05, 3.63) is 47.4 Å². The summed E-state index contributed by atoms with van der Waals surface area (Å²) in [6, 6.07) is 8.45. The fourth-order valence-corrected chi connectivity index (χ4v) is 1.47. The van der Waals surface area contributed by atoms with Crippen LogP contribution in [0.3, 0.4) is 0 Å². The molecule has 0 aliphatic carbocycles. The van der Waals surface area contributed by atoms with Crippen LogP contribution in [-0.4, -0.2) is 27.0 Å². The Morgan fingerprint density at radius 3 is 2.48 bits per heavy atom. The van der Waals surface area contributed by atoms with Crippen LogP contribution in [0.2, 0.25) is 5.02 Å². The van der Waals surface area contributed by atoms with Crippen LogP contribution in [0.25, 0.3) is 11.3 Å². The van der Waals surface area contributed by atoms with Crippen LogP contribution in [-0.2, 0) is 4.79 Å². The molecule has 0 aliphatic heterocycles. The van der Waals surface area contributed by atoms with Crippen LogP contribution in [0.4, 0.5) is 0 Å². The topological polar surface area (TPSA) is 106 Å². The van der Waals surface area contributed by atoms with Gasteiger partial charge in [0.15, 0.2) is 5.69 Å². The average molecular weight is 308 g/mol. The summed E-state index contributed by atoms with van der Waals surface area (Å²) in [7, 11) is 0. The third-order valence-electron chi connectivity index (χ3n) is 2.36. The number of nitrogens with two attached hydrogens (primary N) is 1. The predicted octanol–water partition coefficient (Wildman–Crippen LogP) is 2.38. The van der Waals surface area contributed by atoms with Gasteiger partial charge in [0, 0.05) is 17.0 Å². The Labute approximate surface area is 126 Å². The molecule has 3 N–H and O–H groups in total. The highest BCUT2D eigenvalue weighted by Gasteiger charge is 2.07. The maximum absolute atomic E-state index is 10.7. The molecule has 0 bridgehead atoms. The first-order chi connectivity index (χ1) is 9.93. The van der Waals surface area contributed by atoms with E-state index in [9.17, 15) is 9.59 Å². The van der Waals surface area contributed by atoms with Crippen molar-refractivity contribution < 1.29 is 14.7 Å². The summed E-state index contributed by atoms with van der Waals surface area (Å²) in [5.74, 6) is -1.32. The van der Waals surface area contributed by atoms with Crippen LogP contribution < -0.4 is 5.73 Å². The Morgan fingerprint density at radius 1 is 1.29 bits per heavy atom. The minimum absolute atomic E-state index is 0.0371. The van der Waals surface area contributed by atoms with Gasteiger partial charge in [-0.05, 0) is 18.2 Å². The van der Waals surface area contributed by atoms with Gasteiger partial charge in [-0.25, -0.2) is 14.8 Å². The highest BCUT2D eigenvalue weighted by molar-refractivity contribution is 6.30. The molecule has 0 atom stereocenters. The number of benzene rings is 1. The molecule has 110 valence electrons. The molecule has 0 radical (unpaired) electrons. The fraction of sp³-hybridized carbons (Fsp3) is 0.143. The Kier molecular flexibility index (Phi) is 6.29. The lowest BCUT2D eigenvalue weighted by atomic mass is 10.1. The minimum Gasteiger partial charge on any atom is -0.477 e. The molecule has 1 aromatic carbocycles. The second-order valence-electron chi connectivity index (χ2n) is 3.92. The average Bonchev–Trinajstić information content (AvgIpc) is 2.48. The first-order valence-corrected chi connectivity index (χ1v) is 6.41. The van der Waals surface area contributed by atoms with Gasteiger partial charge in [0.2, 0.25) is 5.91 Å². The summed E-state index contributed by atoms with van der Waals surface area (Å²) in [6.45, 7) is 1.72. The number of carboxylic acids is 1. The normalized spacial score (nSPS) is 9.43. The lowest BCUT2D eigenvalue weighted by Gasteiger charge is -2.01. The van der Waals surface area contributed by atoms with Gasteiger partial charge in [0.05, 0.1) is 5.69 Å². The summed E-state index contributed by atoms with van der Waals surface area (Å²) in [6.07, 6.45) is 1.67. The van der Waals surface area contributed by atoms with Crippen molar-refractivity contribution in [1.82, 2.24) is 9.97 Å². The van der Waals surface area contributed by atoms with E-state index in [1.54, 1.807) is 31.2 Å². The number of aromatic nitrogens is 2. The number of carboxylic acid groups (broad SMARTS) is 1. The van der Waals surface area contributed by atoms with E-state index < -0.39 is 5.97 Å². The molecule has 0 aliphatic rings. The molecular weight excluding hydrogens is 294 g/mol. The number of hydrogen-bond donors (Lipinski definition) is 2. The molecule has 0 saturated heterocycles. The highest BCUT2D eigenvalue weighted by Crippen LogP contribution is 2.20. The quantitative estimate of drug-likeness (QED) is 0.905. The van der Waals surface area contributed by atoms with Crippen molar-refractivity contribution >= 4 is 23.5 Å². The van der Waals surface area contributed by atoms with Gasteiger partial charge in [0.25, 0.3) is 0 Å². The van der Waals surface area contributed by atoms with Crippen LogP contribution in [0.1, 0.15) is 23.8 Å². The number of aromatic carboxylic acids is 1. The van der Waals surface area contributed by atoms with Crippen molar-refractivity contribution in [3.63, 3.8) is 0 Å². The van der Waals surface area contributed by atoms with Gasteiger partial charge < -0.3 is 10.8 Å². The lowest BCUT2D eigenvalue weighted by Crippen LogP contribution is -2.06. The van der Waals surface area contributed by atoms with Crippen LogP contribution in [0.5, 0.6) is 0 Å². The molecule has 2 aromatic rings. The third kappa shape index (κ3) is 5.58. The van der Waals surface area contributed by atoms with Gasteiger partial charge in [0.1, 0.15) is 6.33 Å². The Bertz CT molecular complexity index is 647. The van der Waals surface area contributed by atoms with Crippen molar-refractivity contribution in [1.29, 1.82) is 0 Å². The molecule has 2 rings (SSSR count). The lowest BCUT2D eigenvalue weighted by molar-refractivity contribution is -0.117. The summed E-state index contributed by atoms with van der Waals surface area (Å²) in [5, 5.41) is 9.37. The van der Waals surface area contributed by atoms with Crippen molar-refractivity contribution in [2.75, 3.05) is 0 Å². The second kappa shape index (κ2) is 7.96. The number of primary amides is 1. The molecule has 21 heavy (non-hydrogen) atoms. The summed E-state index contributed by atoms with van der Waals surface area (Å²) in [5.41, 5.74) is 5.91. The zero-order valence-electron chi connectivity index (χ0n) is 11.3. The second-order valence-corrected chi connectivity index (χ2v) is 4.36. The molecule has 1 aromatic heterocycles. The third-order valence-corrected chi connectivity index (χ3v) is 2.59. The molecule has 0 spiro atoms. The Morgan fingerprint density at radius 2 is 1.95 bits per heavy atom. The number of amides is 1. The molecule has 7 heteroatoms. The molecule has 1 amide bonds.